The van der Waals surface area contributed by atoms with Crippen molar-refractivity contribution in [2.45, 2.75) is 160 Å². The predicted octanol–water partition coefficient (Wildman–Crippen LogP) is 4.56. The van der Waals surface area contributed by atoms with Crippen molar-refractivity contribution < 1.29 is 57.4 Å². The lowest BCUT2D eigenvalue weighted by Gasteiger charge is -2.32. The Balaban J connectivity index is 0.924. The Morgan fingerprint density at radius 2 is 1.57 bits per heavy atom. The maximum atomic E-state index is 14.2. The van der Waals surface area contributed by atoms with Crippen LogP contribution >= 0.6 is 0 Å². The number of carbonyl (C=O) groups excluding carboxylic acids is 9. The summed E-state index contributed by atoms with van der Waals surface area (Å²) in [5, 5.41) is 13.3. The first-order chi connectivity index (χ1) is 35.8. The zero-order valence-corrected chi connectivity index (χ0v) is 44.5. The van der Waals surface area contributed by atoms with Crippen LogP contribution in [0.2, 0.25) is 0 Å². The van der Waals surface area contributed by atoms with Gasteiger partial charge in [-0.15, -0.1) is 0 Å². The van der Waals surface area contributed by atoms with E-state index in [2.05, 4.69) is 31.5 Å². The van der Waals surface area contributed by atoms with Gasteiger partial charge in [0, 0.05) is 39.0 Å². The maximum absolute atomic E-state index is 14.2. The average molecular weight is 1040 g/mol. The smallest absolute Gasteiger partial charge is 0.408 e. The topological polar surface area (TPSA) is 251 Å². The fourth-order valence-electron chi connectivity index (χ4n) is 10.3. The molecular weight excluding hydrogens is 965 g/mol. The molecule has 0 bridgehead atoms. The van der Waals surface area contributed by atoms with Crippen LogP contribution in [-0.4, -0.2) is 146 Å². The summed E-state index contributed by atoms with van der Waals surface area (Å²) in [5.41, 5.74) is 1.12. The number of aldehydes is 1. The van der Waals surface area contributed by atoms with Crippen LogP contribution in [0.15, 0.2) is 42.5 Å². The van der Waals surface area contributed by atoms with E-state index < -0.39 is 83.3 Å². The number of ether oxygens (including phenoxy) is 3. The number of unbranched alkanes of at least 4 members (excludes halogenated alkanes) is 3. The molecule has 0 aromatic heterocycles. The minimum atomic E-state index is -1.25. The molecule has 20 nitrogen and oxygen atoms in total. The third-order valence-electron chi connectivity index (χ3n) is 14.3. The van der Waals surface area contributed by atoms with Gasteiger partial charge in [-0.2, -0.15) is 0 Å². The van der Waals surface area contributed by atoms with Gasteiger partial charge in [-0.05, 0) is 116 Å². The molecule has 4 aliphatic rings. The Labute approximate surface area is 440 Å². The van der Waals surface area contributed by atoms with Gasteiger partial charge in [-0.3, -0.25) is 43.8 Å². The molecule has 2 aromatic carbocycles. The van der Waals surface area contributed by atoms with Crippen LogP contribution in [0.25, 0.3) is 0 Å². The summed E-state index contributed by atoms with van der Waals surface area (Å²) in [6.45, 7) is 10.2. The number of alkyl carbamates (subject to hydrolysis) is 1. The van der Waals surface area contributed by atoms with Crippen LogP contribution in [0.4, 0.5) is 10.5 Å². The molecule has 6 rings (SSSR count). The van der Waals surface area contributed by atoms with Gasteiger partial charge in [0.15, 0.2) is 0 Å². The number of carbonyl (C=O) groups is 9. The highest BCUT2D eigenvalue weighted by molar-refractivity contribution is 6.25. The summed E-state index contributed by atoms with van der Waals surface area (Å²) < 4.78 is 17.8. The van der Waals surface area contributed by atoms with Gasteiger partial charge in [0.25, 0.3) is 11.8 Å². The number of piperidine rings is 1. The molecule has 75 heavy (non-hydrogen) atoms. The van der Waals surface area contributed by atoms with E-state index in [9.17, 15) is 43.2 Å². The van der Waals surface area contributed by atoms with Crippen molar-refractivity contribution in [3.05, 3.63) is 59.2 Å². The molecule has 3 aliphatic heterocycles. The van der Waals surface area contributed by atoms with Crippen molar-refractivity contribution >= 4 is 59.4 Å². The van der Waals surface area contributed by atoms with E-state index in [1.807, 2.05) is 51.9 Å². The van der Waals surface area contributed by atoms with E-state index in [-0.39, 0.29) is 48.8 Å². The van der Waals surface area contributed by atoms with E-state index >= 15 is 0 Å². The van der Waals surface area contributed by atoms with Crippen molar-refractivity contribution in [3.63, 3.8) is 0 Å². The summed E-state index contributed by atoms with van der Waals surface area (Å²) in [6, 6.07) is 8.17. The highest BCUT2D eigenvalue weighted by Gasteiger charge is 2.46. The highest BCUT2D eigenvalue weighted by atomic mass is 16.6. The summed E-state index contributed by atoms with van der Waals surface area (Å²) in [6.07, 6.45) is 8.83. The molecule has 3 heterocycles. The van der Waals surface area contributed by atoms with Crippen LogP contribution in [0, 0.1) is 11.8 Å². The fourth-order valence-corrected chi connectivity index (χ4v) is 10.3. The number of fused-ring (bicyclic) bond motifs is 1. The van der Waals surface area contributed by atoms with Crippen molar-refractivity contribution in [1.82, 2.24) is 36.4 Å². The SMILES string of the molecule is CC(OC(C)(C)C)C(NC(=O)OCc1cccc(OCCCCCCN(C)CCN(C)c2cccc3c2C(=O)N(C2CCC(=O)NC2=O)C3=O)c1)C(=O)NC(CC1CCCCC1)C(=O)NC(C=O)CC1CCNC1=O. The molecule has 410 valence electrons. The van der Waals surface area contributed by atoms with E-state index in [0.717, 1.165) is 69.2 Å². The standard InChI is InChI=1S/C55H78N8O12/c1-35(75-55(2,3)4)47(51(69)58-42(31-36-16-10-9-11-17-36)49(67)57-39(33-64)32-38-24-25-56-48(38)66)60-54(72)74-34-37-18-14-19-40(30-37)73-29-13-8-7-12-26-61(5)27-28-62(6)43-21-15-20-41-46(43)53(71)63(52(41)70)44-22-23-45(65)59-50(44)68/h14-15,18-21,30,33,35-36,38-39,42,44,47H,7-13,16-17,22-29,31-32,34H2,1-6H3,(H,56,66)(H,57,67)(H,58,69)(H,60,72)(H,59,65,68). The molecule has 1 aliphatic carbocycles. The maximum Gasteiger partial charge on any atom is 0.408 e. The van der Waals surface area contributed by atoms with Gasteiger partial charge in [0.1, 0.15) is 36.8 Å². The number of imide groups is 2. The Morgan fingerprint density at radius 1 is 0.827 bits per heavy atom. The first kappa shape index (κ1) is 57.9. The quantitative estimate of drug-likeness (QED) is 0.0468. The molecule has 20 heteroatoms. The van der Waals surface area contributed by atoms with Crippen LogP contribution in [0.3, 0.4) is 0 Å². The van der Waals surface area contributed by atoms with E-state index in [1.54, 1.807) is 37.3 Å². The Hall–Kier alpha value is -6.41. The Morgan fingerprint density at radius 3 is 2.28 bits per heavy atom. The number of nitrogens with zero attached hydrogens (tertiary/aromatic N) is 3. The molecule has 2 aromatic rings. The average Bonchev–Trinajstić information content (AvgIpc) is 3.90. The zero-order valence-electron chi connectivity index (χ0n) is 44.5. The summed E-state index contributed by atoms with van der Waals surface area (Å²) in [5.74, 6) is -3.04. The number of benzene rings is 2. The second kappa shape index (κ2) is 27.4. The van der Waals surface area contributed by atoms with Crippen LogP contribution in [0.1, 0.15) is 144 Å². The lowest BCUT2D eigenvalue weighted by atomic mass is 9.84. The van der Waals surface area contributed by atoms with Crippen molar-refractivity contribution in [3.8, 4) is 5.75 Å². The third kappa shape index (κ3) is 16.8. The number of hydrogen-bond donors (Lipinski definition) is 5. The number of anilines is 1. The van der Waals surface area contributed by atoms with Gasteiger partial charge in [-0.25, -0.2) is 4.79 Å². The third-order valence-corrected chi connectivity index (χ3v) is 14.3. The number of hydrogen-bond acceptors (Lipinski definition) is 14. The predicted molar refractivity (Wildman–Crippen MR) is 279 cm³/mol. The van der Waals surface area contributed by atoms with Crippen molar-refractivity contribution in [2.24, 2.45) is 11.8 Å². The highest BCUT2D eigenvalue weighted by Crippen LogP contribution is 2.34. The molecule has 1 saturated carbocycles. The zero-order chi connectivity index (χ0) is 54.2. The van der Waals surface area contributed by atoms with Gasteiger partial charge < -0.3 is 50.1 Å². The summed E-state index contributed by atoms with van der Waals surface area (Å²) in [7, 11) is 3.91. The first-order valence-electron chi connectivity index (χ1n) is 26.7. The summed E-state index contributed by atoms with van der Waals surface area (Å²) >= 11 is 0. The molecular formula is C55H78N8O12. The Kier molecular flexibility index (Phi) is 21.1. The van der Waals surface area contributed by atoms with Crippen LogP contribution < -0.4 is 36.2 Å². The molecule has 2 saturated heterocycles. The normalized spacial score (nSPS) is 19.6. The van der Waals surface area contributed by atoms with Gasteiger partial charge in [-0.1, -0.05) is 63.1 Å². The molecule has 5 N–H and O–H groups in total. The lowest BCUT2D eigenvalue weighted by Crippen LogP contribution is -2.59. The van der Waals surface area contributed by atoms with E-state index in [4.69, 9.17) is 14.2 Å². The van der Waals surface area contributed by atoms with Crippen molar-refractivity contribution in [1.29, 1.82) is 0 Å². The lowest BCUT2D eigenvalue weighted by molar-refractivity contribution is -0.136. The monoisotopic (exact) mass is 1040 g/mol. The fraction of sp³-hybridized carbons (Fsp3) is 0.618. The second-order valence-electron chi connectivity index (χ2n) is 21.5. The number of likely N-dealkylation sites (N-methyl/N-ethyl adjacent to an activating group) is 2. The second-order valence-corrected chi connectivity index (χ2v) is 21.5. The minimum absolute atomic E-state index is 0.0586. The molecule has 0 spiro atoms. The molecule has 3 fully saturated rings. The van der Waals surface area contributed by atoms with Gasteiger partial charge in [0.05, 0.1) is 41.2 Å². The molecule has 6 atom stereocenters. The molecule has 0 radical (unpaired) electrons. The summed E-state index contributed by atoms with van der Waals surface area (Å²) in [4.78, 5) is 122. The van der Waals surface area contributed by atoms with Crippen molar-refractivity contribution in [2.75, 3.05) is 51.8 Å². The molecule has 8 amide bonds. The van der Waals surface area contributed by atoms with Gasteiger partial charge >= 0.3 is 6.09 Å². The van der Waals surface area contributed by atoms with E-state index in [0.29, 0.717) is 62.4 Å². The van der Waals surface area contributed by atoms with Gasteiger partial charge in [0.2, 0.25) is 29.5 Å². The number of nitrogens with one attached hydrogen (secondary N) is 5. The number of amides is 8. The van der Waals surface area contributed by atoms with Crippen LogP contribution in [-0.2, 0) is 44.8 Å². The molecule has 6 unspecified atom stereocenters. The number of rotatable bonds is 27. The minimum Gasteiger partial charge on any atom is -0.494 e. The largest absolute Gasteiger partial charge is 0.494 e. The first-order valence-corrected chi connectivity index (χ1v) is 26.7. The Bertz CT molecular complexity index is 2370. The van der Waals surface area contributed by atoms with Crippen LogP contribution in [0.5, 0.6) is 5.75 Å². The van der Waals surface area contributed by atoms with E-state index in [1.165, 1.54) is 0 Å².